The molecule has 0 saturated carbocycles. The maximum Gasteiger partial charge on any atom is 2.00 e. The van der Waals surface area contributed by atoms with Crippen LogP contribution in [-0.2, 0) is 49.5 Å². The summed E-state index contributed by atoms with van der Waals surface area (Å²) in [7, 11) is -6.03. The van der Waals surface area contributed by atoms with Crippen molar-refractivity contribution in [3.8, 4) is 30.0 Å². The van der Waals surface area contributed by atoms with Crippen molar-refractivity contribution in [3.63, 3.8) is 0 Å². The molecule has 0 aliphatic carbocycles. The van der Waals surface area contributed by atoms with Crippen molar-refractivity contribution in [1.82, 2.24) is 0 Å². The van der Waals surface area contributed by atoms with E-state index >= 15 is 0 Å². The van der Waals surface area contributed by atoms with E-state index < -0.39 is 10.5 Å². The average molecular weight is 363 g/mol. The van der Waals surface area contributed by atoms with Gasteiger partial charge in [0.25, 0.3) is 0 Å². The third-order valence-electron chi connectivity index (χ3n) is 1.12. The minimum Gasteiger partial charge on any atom is -0.870 e. The molecule has 74 valence electrons. The van der Waals surface area contributed by atoms with Gasteiger partial charge in [0, 0.05) is 0 Å². The molecule has 0 bridgehead atoms. The van der Waals surface area contributed by atoms with Crippen LogP contribution in [0.2, 0.25) is 0 Å². The Kier molecular flexibility index (Phi) is 8.51. The Labute approximate surface area is 116 Å². The van der Waals surface area contributed by atoms with Crippen LogP contribution in [0, 0.1) is 61.6 Å². The van der Waals surface area contributed by atoms with Gasteiger partial charge < -0.3 is 5.48 Å². The number of rotatable bonds is 0. The van der Waals surface area contributed by atoms with E-state index in [1.165, 1.54) is 0 Å². The molecular formula is C6HCoN6OZn2. The zero-order valence-corrected chi connectivity index (χ0v) is 14.9. The summed E-state index contributed by atoms with van der Waals surface area (Å²) in [5.41, 5.74) is 0. The molecule has 0 fully saturated rings. The van der Waals surface area contributed by atoms with Gasteiger partial charge in [-0.25, -0.2) is 0 Å². The number of nitriles is 6. The zero-order chi connectivity index (χ0) is 10.7. The van der Waals surface area contributed by atoms with Gasteiger partial charge in [-0.05, 0) is 0 Å². The zero-order valence-electron chi connectivity index (χ0n) is 7.88. The molecule has 0 aliphatic heterocycles. The van der Waals surface area contributed by atoms with E-state index in [-0.39, 0.29) is 44.4 Å². The van der Waals surface area contributed by atoms with Crippen LogP contribution in [0.5, 0.6) is 0 Å². The van der Waals surface area contributed by atoms with Crippen LogP contribution in [-0.4, -0.2) is 5.48 Å². The molecule has 16 heavy (non-hydrogen) atoms. The van der Waals surface area contributed by atoms with E-state index in [1.807, 2.05) is 0 Å². The Morgan fingerprint density at radius 1 is 0.500 bits per heavy atom. The second kappa shape index (κ2) is 5.66. The summed E-state index contributed by atoms with van der Waals surface area (Å²) in [5, 5.41) is 57.6. The molecule has 10 heteroatoms. The first-order valence-corrected chi connectivity index (χ1v) is 5.46. The fourth-order valence-corrected chi connectivity index (χ4v) is 1.03. The van der Waals surface area contributed by atoms with Crippen LogP contribution in [0.15, 0.2) is 0 Å². The molecule has 0 aromatic carbocycles. The van der Waals surface area contributed by atoms with Crippen molar-refractivity contribution >= 4 is 0 Å². The molecule has 0 saturated heterocycles. The third-order valence-corrected chi connectivity index (χ3v) is 4.61. The van der Waals surface area contributed by atoms with Crippen LogP contribution < -0.4 is 0 Å². The summed E-state index contributed by atoms with van der Waals surface area (Å²) >= 11 is 0. The Morgan fingerprint density at radius 3 is 0.625 bits per heavy atom. The first-order chi connectivity index (χ1) is 5.97. The van der Waals surface area contributed by atoms with E-state index in [0.717, 1.165) is 30.0 Å². The van der Waals surface area contributed by atoms with Gasteiger partial charge in [-0.2, -0.15) is 0 Å². The van der Waals surface area contributed by atoms with Gasteiger partial charge in [0.2, 0.25) is 0 Å². The minimum absolute atomic E-state index is 0. The molecule has 0 atom stereocenters. The molecule has 0 spiro atoms. The molecule has 7 nitrogen and oxygen atoms in total. The third kappa shape index (κ3) is 2.09. The van der Waals surface area contributed by atoms with Gasteiger partial charge in [-0.3, -0.25) is 0 Å². The van der Waals surface area contributed by atoms with Crippen LogP contribution >= 0.6 is 0 Å². The maximum atomic E-state index is 8.58. The predicted molar refractivity (Wildman–Crippen MR) is 35.6 cm³/mol. The van der Waals surface area contributed by atoms with Gasteiger partial charge in [0.15, 0.2) is 0 Å². The first kappa shape index (κ1) is 24.1. The van der Waals surface area contributed by atoms with Gasteiger partial charge in [-0.1, -0.05) is 0 Å². The van der Waals surface area contributed by atoms with Gasteiger partial charge in [0.1, 0.15) is 0 Å². The Hall–Kier alpha value is -1.35. The molecule has 0 aliphatic rings. The van der Waals surface area contributed by atoms with Crippen LogP contribution in [0.3, 0.4) is 0 Å². The second-order valence-corrected chi connectivity index (χ2v) is 7.00. The topological polar surface area (TPSA) is 173 Å². The summed E-state index contributed by atoms with van der Waals surface area (Å²) in [4.78, 5) is 0. The van der Waals surface area contributed by atoms with Gasteiger partial charge in [-0.15, -0.1) is 0 Å². The van der Waals surface area contributed by atoms with Crippen molar-refractivity contribution < 1.29 is 55.0 Å². The summed E-state index contributed by atoms with van der Waals surface area (Å²) < 4.78 is 0. The van der Waals surface area contributed by atoms with Gasteiger partial charge in [0.05, 0.1) is 0 Å². The van der Waals surface area contributed by atoms with Crippen LogP contribution in [0.1, 0.15) is 0 Å². The van der Waals surface area contributed by atoms with Gasteiger partial charge >= 0.3 is 111 Å². The molecule has 0 amide bonds. The molecule has 0 unspecified atom stereocenters. The Balaban J connectivity index is -0.000000240. The number of nitrogens with zero attached hydrogens (tertiary/aromatic N) is 6. The summed E-state index contributed by atoms with van der Waals surface area (Å²) in [6, 6.07) is 0. The SMILES string of the molecule is N#[C][Co-3]([C]#N)([C]#N)([C]#N)([C]#N)[C]#N.[OH-].[Zn+2].[Zn+2]. The molecule has 0 aromatic heterocycles. The van der Waals surface area contributed by atoms with E-state index in [1.54, 1.807) is 0 Å². The molecule has 0 aromatic rings. The van der Waals surface area contributed by atoms with Crippen molar-refractivity contribution in [2.45, 2.75) is 0 Å². The number of hydrogen-bond acceptors (Lipinski definition) is 7. The summed E-state index contributed by atoms with van der Waals surface area (Å²) in [5.74, 6) is 0. The molecular weight excluding hydrogens is 362 g/mol. The van der Waals surface area contributed by atoms with E-state index in [2.05, 4.69) is 0 Å². The smallest absolute Gasteiger partial charge is 0.870 e. The molecule has 0 rings (SSSR count). The average Bonchev–Trinajstić information content (AvgIpc) is 2.26. The van der Waals surface area contributed by atoms with Crippen molar-refractivity contribution in [2.75, 3.05) is 0 Å². The normalized spacial score (nSPS) is 10.9. The monoisotopic (exact) mass is 360 g/mol. The fraction of sp³-hybridized carbons (Fsp3) is 0. The summed E-state index contributed by atoms with van der Waals surface area (Å²) in [6.45, 7) is 0. The van der Waals surface area contributed by atoms with Crippen molar-refractivity contribution in [2.24, 2.45) is 0 Å². The largest absolute Gasteiger partial charge is 2.00 e. The van der Waals surface area contributed by atoms with E-state index in [9.17, 15) is 0 Å². The van der Waals surface area contributed by atoms with Crippen LogP contribution in [0.4, 0.5) is 0 Å². The Bertz CT molecular complexity index is 401. The second-order valence-electron chi connectivity index (χ2n) is 1.70. The predicted octanol–water partition coefficient (Wildman–Crippen LogP) is -0.0836. The fourth-order valence-electron chi connectivity index (χ4n) is 0.250. The van der Waals surface area contributed by atoms with Crippen LogP contribution in [0.25, 0.3) is 0 Å². The van der Waals surface area contributed by atoms with Crippen molar-refractivity contribution in [3.05, 3.63) is 0 Å². The maximum absolute atomic E-state index is 8.58. The first-order valence-electron chi connectivity index (χ1n) is 2.34. The summed E-state index contributed by atoms with van der Waals surface area (Å²) in [6.07, 6.45) is 0. The quantitative estimate of drug-likeness (QED) is 0.541. The molecule has 1 N–H and O–H groups in total. The van der Waals surface area contributed by atoms with Crippen molar-refractivity contribution in [1.29, 1.82) is 31.6 Å². The standard InChI is InChI=1S/6CN.Co.H2O.2Zn/c6*1-2;;;;/h;;;;;;;1H2;;/q;;;;;;-3;;2*+2/p-1. The Morgan fingerprint density at radius 2 is 0.625 bits per heavy atom. The molecule has 0 radical (unpaired) electrons. The van der Waals surface area contributed by atoms with E-state index in [0.29, 0.717) is 0 Å². The minimum atomic E-state index is -6.03. The molecule has 0 heterocycles. The number of hydrogen-bond donors (Lipinski definition) is 0. The van der Waals surface area contributed by atoms with E-state index in [4.69, 9.17) is 31.6 Å².